The summed E-state index contributed by atoms with van der Waals surface area (Å²) in [5, 5.41) is 0. The fraction of sp³-hybridized carbons (Fsp3) is 0.714. The van der Waals surface area contributed by atoms with Gasteiger partial charge in [-0.2, -0.15) is 0 Å². The van der Waals surface area contributed by atoms with E-state index in [-0.39, 0.29) is 11.9 Å². The zero-order valence-electron chi connectivity index (χ0n) is 6.17. The molecule has 0 aromatic carbocycles. The molecule has 0 saturated carbocycles. The van der Waals surface area contributed by atoms with Crippen molar-refractivity contribution in [2.45, 2.75) is 19.3 Å². The predicted octanol–water partition coefficient (Wildman–Crippen LogP) is 0.257. The van der Waals surface area contributed by atoms with Crippen LogP contribution in [-0.2, 0) is 19.1 Å². The first-order chi connectivity index (χ1) is 5.29. The topological polar surface area (TPSA) is 52.6 Å². The molecule has 4 heteroatoms. The van der Waals surface area contributed by atoms with Crippen LogP contribution in [0.1, 0.15) is 19.3 Å². The second-order valence-electron chi connectivity index (χ2n) is 2.29. The van der Waals surface area contributed by atoms with E-state index < -0.39 is 0 Å². The van der Waals surface area contributed by atoms with Gasteiger partial charge in [0, 0.05) is 6.42 Å². The lowest BCUT2D eigenvalue weighted by Gasteiger charge is -2.09. The number of rotatable bonds is 0. The van der Waals surface area contributed by atoms with E-state index in [1.165, 1.54) is 0 Å². The lowest BCUT2D eigenvalue weighted by molar-refractivity contribution is -0.157. The van der Waals surface area contributed by atoms with Crippen molar-refractivity contribution in [1.82, 2.24) is 0 Å². The van der Waals surface area contributed by atoms with Crippen LogP contribution in [0.5, 0.6) is 0 Å². The van der Waals surface area contributed by atoms with Crippen molar-refractivity contribution in [2.75, 3.05) is 13.2 Å². The van der Waals surface area contributed by atoms with Crippen molar-refractivity contribution in [3.63, 3.8) is 0 Å². The molecule has 0 radical (unpaired) electrons. The Morgan fingerprint density at radius 1 is 0.909 bits per heavy atom. The van der Waals surface area contributed by atoms with Gasteiger partial charge in [-0.3, -0.25) is 9.59 Å². The third kappa shape index (κ3) is 3.02. The molecule has 62 valence electrons. The minimum atomic E-state index is -0.0648. The molecule has 2 rings (SSSR count). The third-order valence-corrected chi connectivity index (χ3v) is 1.36. The summed E-state index contributed by atoms with van der Waals surface area (Å²) in [6, 6.07) is 0. The minimum absolute atomic E-state index is 0.0463. The molecule has 0 bridgehead atoms. The van der Waals surface area contributed by atoms with Gasteiger partial charge in [-0.25, -0.2) is 0 Å². The van der Waals surface area contributed by atoms with E-state index in [4.69, 9.17) is 0 Å². The molecule has 2 aliphatic heterocycles. The Hall–Kier alpha value is -1.06. The molecule has 2 fully saturated rings. The van der Waals surface area contributed by atoms with Crippen molar-refractivity contribution >= 4 is 11.9 Å². The number of carbonyl (C=O) groups excluding carboxylic acids is 2. The van der Waals surface area contributed by atoms with E-state index >= 15 is 0 Å². The Bertz CT molecular complexity index is 150. The monoisotopic (exact) mass is 158 g/mol. The minimum Gasteiger partial charge on any atom is -0.466 e. The van der Waals surface area contributed by atoms with Gasteiger partial charge in [0.25, 0.3) is 0 Å². The van der Waals surface area contributed by atoms with Gasteiger partial charge in [0.1, 0.15) is 6.61 Å². The van der Waals surface area contributed by atoms with Crippen molar-refractivity contribution in [2.24, 2.45) is 0 Å². The fourth-order valence-electron chi connectivity index (χ4n) is 0.660. The summed E-state index contributed by atoms with van der Waals surface area (Å²) >= 11 is 0. The standard InChI is InChI=1S/C4H6O2.C3H4O2/c5-4-2-1-3-6-4;4-3-1-2-5-3/h1-3H2;1-2H2. The zero-order chi connectivity index (χ0) is 8.10. The van der Waals surface area contributed by atoms with Crippen LogP contribution in [0.15, 0.2) is 0 Å². The Morgan fingerprint density at radius 3 is 1.55 bits per heavy atom. The van der Waals surface area contributed by atoms with Crippen LogP contribution in [0.25, 0.3) is 0 Å². The Kier molecular flexibility index (Phi) is 2.89. The summed E-state index contributed by atoms with van der Waals surface area (Å²) < 4.78 is 8.81. The number of carbonyl (C=O) groups is 2. The Balaban J connectivity index is 0.000000112. The van der Waals surface area contributed by atoms with Crippen LogP contribution in [0.4, 0.5) is 0 Å². The van der Waals surface area contributed by atoms with Crippen molar-refractivity contribution < 1.29 is 19.1 Å². The maximum absolute atomic E-state index is 10.0. The average molecular weight is 158 g/mol. The van der Waals surface area contributed by atoms with E-state index in [0.29, 0.717) is 26.1 Å². The van der Waals surface area contributed by atoms with Gasteiger partial charge < -0.3 is 9.47 Å². The van der Waals surface area contributed by atoms with E-state index in [9.17, 15) is 9.59 Å². The summed E-state index contributed by atoms with van der Waals surface area (Å²) in [5.41, 5.74) is 0. The molecule has 0 N–H and O–H groups in total. The number of cyclic esters (lactones) is 2. The molecule has 0 amide bonds. The average Bonchev–Trinajstić information content (AvgIpc) is 2.36. The van der Waals surface area contributed by atoms with Gasteiger partial charge in [-0.05, 0) is 6.42 Å². The number of hydrogen-bond acceptors (Lipinski definition) is 4. The van der Waals surface area contributed by atoms with Crippen molar-refractivity contribution in [1.29, 1.82) is 0 Å². The molecule has 4 nitrogen and oxygen atoms in total. The number of hydrogen-bond donors (Lipinski definition) is 0. The second-order valence-corrected chi connectivity index (χ2v) is 2.29. The molecule has 0 unspecified atom stereocenters. The summed E-state index contributed by atoms with van der Waals surface area (Å²) in [4.78, 5) is 19.7. The highest BCUT2D eigenvalue weighted by atomic mass is 16.6. The molecule has 0 aliphatic carbocycles. The van der Waals surface area contributed by atoms with Gasteiger partial charge in [-0.1, -0.05) is 0 Å². The summed E-state index contributed by atoms with van der Waals surface area (Å²) in [7, 11) is 0. The van der Waals surface area contributed by atoms with Crippen LogP contribution >= 0.6 is 0 Å². The molecule has 11 heavy (non-hydrogen) atoms. The first-order valence-electron chi connectivity index (χ1n) is 3.60. The SMILES string of the molecule is O=C1CCCO1.O=C1CCO1. The summed E-state index contributed by atoms with van der Waals surface area (Å²) in [6.07, 6.45) is 2.17. The molecule has 2 aliphatic rings. The van der Waals surface area contributed by atoms with Crippen LogP contribution < -0.4 is 0 Å². The first kappa shape index (κ1) is 8.04. The normalized spacial score (nSPS) is 20.7. The predicted molar refractivity (Wildman–Crippen MR) is 35.8 cm³/mol. The van der Waals surface area contributed by atoms with Crippen LogP contribution in [0, 0.1) is 0 Å². The van der Waals surface area contributed by atoms with Crippen LogP contribution in [0.2, 0.25) is 0 Å². The highest BCUT2D eigenvalue weighted by molar-refractivity contribution is 5.73. The van der Waals surface area contributed by atoms with Gasteiger partial charge >= 0.3 is 11.9 Å². The first-order valence-corrected chi connectivity index (χ1v) is 3.60. The smallest absolute Gasteiger partial charge is 0.309 e. The molecule has 0 aromatic heterocycles. The summed E-state index contributed by atoms with van der Waals surface area (Å²) in [5.74, 6) is -0.111. The maximum Gasteiger partial charge on any atom is 0.309 e. The molecular formula is C7H10O4. The van der Waals surface area contributed by atoms with E-state index in [1.54, 1.807) is 0 Å². The van der Waals surface area contributed by atoms with Gasteiger partial charge in [0.15, 0.2) is 0 Å². The molecule has 2 saturated heterocycles. The lowest BCUT2D eigenvalue weighted by atomic mass is 10.4. The molecule has 0 atom stereocenters. The number of esters is 2. The van der Waals surface area contributed by atoms with Gasteiger partial charge in [0.2, 0.25) is 0 Å². The highest BCUT2D eigenvalue weighted by Crippen LogP contribution is 2.01. The Labute approximate surface area is 64.5 Å². The molecule has 0 spiro atoms. The highest BCUT2D eigenvalue weighted by Gasteiger charge is 2.11. The maximum atomic E-state index is 10.0. The molecule has 0 aromatic rings. The molecular weight excluding hydrogens is 148 g/mol. The molecule has 2 heterocycles. The lowest BCUT2D eigenvalue weighted by Crippen LogP contribution is -2.18. The second kappa shape index (κ2) is 3.95. The van der Waals surface area contributed by atoms with E-state index in [0.717, 1.165) is 6.42 Å². The van der Waals surface area contributed by atoms with Crippen molar-refractivity contribution in [3.05, 3.63) is 0 Å². The van der Waals surface area contributed by atoms with E-state index in [1.807, 2.05) is 0 Å². The fourth-order valence-corrected chi connectivity index (χ4v) is 0.660. The Morgan fingerprint density at radius 2 is 1.45 bits per heavy atom. The summed E-state index contributed by atoms with van der Waals surface area (Å²) in [6.45, 7) is 1.28. The quantitative estimate of drug-likeness (QED) is 0.474. The van der Waals surface area contributed by atoms with Gasteiger partial charge in [-0.15, -0.1) is 0 Å². The number of ether oxygens (including phenoxy) is 2. The zero-order valence-corrected chi connectivity index (χ0v) is 6.17. The van der Waals surface area contributed by atoms with Crippen molar-refractivity contribution in [3.8, 4) is 0 Å². The van der Waals surface area contributed by atoms with Gasteiger partial charge in [0.05, 0.1) is 13.0 Å². The third-order valence-electron chi connectivity index (χ3n) is 1.36. The van der Waals surface area contributed by atoms with Crippen LogP contribution in [0.3, 0.4) is 0 Å². The largest absolute Gasteiger partial charge is 0.466 e. The van der Waals surface area contributed by atoms with Crippen LogP contribution in [-0.4, -0.2) is 25.2 Å². The van der Waals surface area contributed by atoms with E-state index in [2.05, 4.69) is 9.47 Å².